The van der Waals surface area contributed by atoms with Crippen LogP contribution in [0.2, 0.25) is 0 Å². The van der Waals surface area contributed by atoms with Crippen molar-refractivity contribution in [2.45, 2.75) is 45.4 Å². The van der Waals surface area contributed by atoms with E-state index < -0.39 is 0 Å². The topological polar surface area (TPSA) is 23.5 Å². The predicted molar refractivity (Wildman–Crippen MR) is 72.1 cm³/mol. The van der Waals surface area contributed by atoms with Gasteiger partial charge in [-0.25, -0.2) is 0 Å². The van der Waals surface area contributed by atoms with Crippen LogP contribution in [-0.4, -0.2) is 30.1 Å². The minimum absolute atomic E-state index is 0.313. The molecule has 1 aliphatic heterocycles. The average molecular weight is 235 g/mol. The molecule has 0 unspecified atom stereocenters. The van der Waals surface area contributed by atoms with Gasteiger partial charge in [-0.15, -0.1) is 0 Å². The molecule has 1 N–H and O–H groups in total. The number of likely N-dealkylation sites (tertiary alicyclic amines) is 1. The highest BCUT2D eigenvalue weighted by molar-refractivity contribution is 5.28. The van der Waals surface area contributed by atoms with Crippen LogP contribution < -0.4 is 0 Å². The van der Waals surface area contributed by atoms with Gasteiger partial charge in [0, 0.05) is 12.0 Å². The maximum Gasteiger partial charge on any atom is 0.111 e. The average Bonchev–Trinajstić information content (AvgIpc) is 2.52. The quantitative estimate of drug-likeness (QED) is 0.789. The molecule has 1 fully saturated rings. The van der Waals surface area contributed by atoms with Gasteiger partial charge in [0.2, 0.25) is 0 Å². The number of hydrogen-bond donors (Lipinski definition) is 1. The van der Waals surface area contributed by atoms with E-state index in [0.29, 0.717) is 11.2 Å². The zero-order valence-electron chi connectivity index (χ0n) is 11.2. The van der Waals surface area contributed by atoms with E-state index in [0.717, 1.165) is 19.4 Å². The van der Waals surface area contributed by atoms with Crippen molar-refractivity contribution in [1.82, 2.24) is 4.90 Å². The van der Waals surface area contributed by atoms with Crippen LogP contribution in [0.15, 0.2) is 23.5 Å². The summed E-state index contributed by atoms with van der Waals surface area (Å²) in [7, 11) is 2.23. The molecule has 1 heterocycles. The molecule has 0 bridgehead atoms. The van der Waals surface area contributed by atoms with Gasteiger partial charge in [-0.3, -0.25) is 0 Å². The van der Waals surface area contributed by atoms with E-state index in [1.165, 1.54) is 37.8 Å². The Hall–Kier alpha value is -0.760. The first-order chi connectivity index (χ1) is 8.16. The molecule has 17 heavy (non-hydrogen) atoms. The van der Waals surface area contributed by atoms with E-state index in [1.807, 2.05) is 12.2 Å². The van der Waals surface area contributed by atoms with Crippen molar-refractivity contribution >= 4 is 0 Å². The van der Waals surface area contributed by atoms with E-state index in [2.05, 4.69) is 18.9 Å². The molecule has 0 amide bonds. The zero-order valence-corrected chi connectivity index (χ0v) is 11.2. The third-order valence-electron chi connectivity index (χ3n) is 4.46. The summed E-state index contributed by atoms with van der Waals surface area (Å²) in [5.74, 6) is 0.478. The lowest BCUT2D eigenvalue weighted by atomic mass is 9.71. The second kappa shape index (κ2) is 5.26. The summed E-state index contributed by atoms with van der Waals surface area (Å²) >= 11 is 0. The van der Waals surface area contributed by atoms with E-state index >= 15 is 0 Å². The summed E-state index contributed by atoms with van der Waals surface area (Å²) in [5.41, 5.74) is 1.79. The van der Waals surface area contributed by atoms with E-state index in [9.17, 15) is 5.11 Å². The number of aliphatic hydroxyl groups is 1. The monoisotopic (exact) mass is 235 g/mol. The van der Waals surface area contributed by atoms with Crippen LogP contribution in [0.5, 0.6) is 0 Å². The number of hydrogen-bond acceptors (Lipinski definition) is 2. The van der Waals surface area contributed by atoms with Gasteiger partial charge in [0.25, 0.3) is 0 Å². The third-order valence-corrected chi connectivity index (χ3v) is 4.46. The van der Waals surface area contributed by atoms with Crippen molar-refractivity contribution in [3.8, 4) is 0 Å². The van der Waals surface area contributed by atoms with E-state index in [1.54, 1.807) is 0 Å². The molecule has 1 atom stereocenters. The molecule has 2 heteroatoms. The SMILES string of the molecule is CC[C@@]1(C2=CC(O)=CCC2)CCCCN(C)C1. The highest BCUT2D eigenvalue weighted by Crippen LogP contribution is 2.42. The van der Waals surface area contributed by atoms with Gasteiger partial charge in [0.05, 0.1) is 0 Å². The lowest BCUT2D eigenvalue weighted by molar-refractivity contribution is 0.212. The Morgan fingerprint density at radius 2 is 2.24 bits per heavy atom. The molecular weight excluding hydrogens is 210 g/mol. The van der Waals surface area contributed by atoms with Gasteiger partial charge in [0.15, 0.2) is 0 Å². The van der Waals surface area contributed by atoms with Gasteiger partial charge in [-0.1, -0.05) is 18.9 Å². The maximum absolute atomic E-state index is 9.73. The Balaban J connectivity index is 2.25. The van der Waals surface area contributed by atoms with Gasteiger partial charge in [0.1, 0.15) is 5.76 Å². The van der Waals surface area contributed by atoms with Crippen molar-refractivity contribution in [3.05, 3.63) is 23.5 Å². The van der Waals surface area contributed by atoms with Gasteiger partial charge < -0.3 is 10.0 Å². The van der Waals surface area contributed by atoms with Crippen LogP contribution in [0, 0.1) is 5.41 Å². The molecule has 0 saturated carbocycles. The molecule has 2 aliphatic rings. The third kappa shape index (κ3) is 2.74. The summed E-state index contributed by atoms with van der Waals surface area (Å²) in [5, 5.41) is 9.73. The van der Waals surface area contributed by atoms with Crippen molar-refractivity contribution in [1.29, 1.82) is 0 Å². The van der Waals surface area contributed by atoms with Crippen molar-refractivity contribution < 1.29 is 5.11 Å². The number of aliphatic hydroxyl groups excluding tert-OH is 1. The van der Waals surface area contributed by atoms with Crippen molar-refractivity contribution in [3.63, 3.8) is 0 Å². The molecule has 2 nitrogen and oxygen atoms in total. The Morgan fingerprint density at radius 1 is 1.41 bits per heavy atom. The molecule has 1 saturated heterocycles. The van der Waals surface area contributed by atoms with Crippen LogP contribution >= 0.6 is 0 Å². The largest absolute Gasteiger partial charge is 0.508 e. The van der Waals surface area contributed by atoms with Crippen molar-refractivity contribution in [2.24, 2.45) is 5.41 Å². The number of rotatable bonds is 2. The number of allylic oxidation sites excluding steroid dienone is 2. The summed E-state index contributed by atoms with van der Waals surface area (Å²) in [4.78, 5) is 2.46. The lowest BCUT2D eigenvalue weighted by Gasteiger charge is -2.38. The van der Waals surface area contributed by atoms with Crippen LogP contribution in [0.25, 0.3) is 0 Å². The normalized spacial score (nSPS) is 31.6. The second-order valence-electron chi connectivity index (χ2n) is 5.67. The first-order valence-electron chi connectivity index (χ1n) is 6.95. The van der Waals surface area contributed by atoms with Crippen LogP contribution in [-0.2, 0) is 0 Å². The smallest absolute Gasteiger partial charge is 0.111 e. The van der Waals surface area contributed by atoms with Gasteiger partial charge in [-0.2, -0.15) is 0 Å². The fraction of sp³-hybridized carbons (Fsp3) is 0.733. The molecule has 0 aromatic rings. The fourth-order valence-electron chi connectivity index (χ4n) is 3.40. The number of nitrogens with zero attached hydrogens (tertiary/aromatic N) is 1. The van der Waals surface area contributed by atoms with Gasteiger partial charge in [-0.05, 0) is 57.8 Å². The minimum Gasteiger partial charge on any atom is -0.508 e. The first kappa shape index (κ1) is 12.7. The van der Waals surface area contributed by atoms with Gasteiger partial charge >= 0.3 is 0 Å². The minimum atomic E-state index is 0.313. The highest BCUT2D eigenvalue weighted by atomic mass is 16.3. The summed E-state index contributed by atoms with van der Waals surface area (Å²) in [6, 6.07) is 0. The highest BCUT2D eigenvalue weighted by Gasteiger charge is 2.35. The standard InChI is InChI=1S/C15H25NO/c1-3-15(9-4-5-10-16(2)12-15)13-7-6-8-14(17)11-13/h8,11,17H,3-7,9-10,12H2,1-2H3/t15-/m1/s1. The van der Waals surface area contributed by atoms with Crippen LogP contribution in [0.3, 0.4) is 0 Å². The fourth-order valence-corrected chi connectivity index (χ4v) is 3.40. The second-order valence-corrected chi connectivity index (χ2v) is 5.67. The summed E-state index contributed by atoms with van der Waals surface area (Å²) in [6.07, 6.45) is 11.2. The Bertz CT molecular complexity index is 332. The maximum atomic E-state index is 9.73. The first-order valence-corrected chi connectivity index (χ1v) is 6.95. The van der Waals surface area contributed by atoms with E-state index in [4.69, 9.17) is 0 Å². The van der Waals surface area contributed by atoms with E-state index in [-0.39, 0.29) is 0 Å². The summed E-state index contributed by atoms with van der Waals surface area (Å²) in [6.45, 7) is 4.68. The van der Waals surface area contributed by atoms with Crippen LogP contribution in [0.1, 0.15) is 45.4 Å². The molecule has 0 aromatic heterocycles. The molecule has 96 valence electrons. The molecule has 0 radical (unpaired) electrons. The molecule has 0 spiro atoms. The lowest BCUT2D eigenvalue weighted by Crippen LogP contribution is -2.35. The molecule has 0 aromatic carbocycles. The Morgan fingerprint density at radius 3 is 2.94 bits per heavy atom. The van der Waals surface area contributed by atoms with Crippen LogP contribution in [0.4, 0.5) is 0 Å². The molecular formula is C15H25NO. The predicted octanol–water partition coefficient (Wildman–Crippen LogP) is 3.66. The molecule has 1 aliphatic carbocycles. The summed E-state index contributed by atoms with van der Waals surface area (Å²) < 4.78 is 0. The Kier molecular flexibility index (Phi) is 3.93. The van der Waals surface area contributed by atoms with Crippen molar-refractivity contribution in [2.75, 3.05) is 20.1 Å². The molecule has 2 rings (SSSR count). The Labute approximate surface area is 105 Å². The zero-order chi connectivity index (χ0) is 12.3.